The van der Waals surface area contributed by atoms with E-state index in [1.165, 1.54) is 24.6 Å². The Bertz CT molecular complexity index is 1250. The standard InChI is InChI=1S/C24H22F3N5O3/c25-24(26,27)19-11-15(21(33)31-23(28)29)3-4-18(19)14-5-7-32(8-6-14)22(34)17-10-16(12-30-13-17)20-2-1-9-35-20/h1-4,9-14H,5-8H2,(H4,28,29,31,33). The molecule has 3 aromatic rings. The second-order valence-corrected chi connectivity index (χ2v) is 8.17. The van der Waals surface area contributed by atoms with Crippen molar-refractivity contribution in [2.75, 3.05) is 13.1 Å². The molecular weight excluding hydrogens is 463 g/mol. The first kappa shape index (κ1) is 24.0. The van der Waals surface area contributed by atoms with Crippen molar-refractivity contribution in [3.63, 3.8) is 0 Å². The van der Waals surface area contributed by atoms with E-state index in [2.05, 4.69) is 4.98 Å². The van der Waals surface area contributed by atoms with Crippen LogP contribution in [0.15, 0.2) is 59.5 Å². The molecule has 8 nitrogen and oxygen atoms in total. The summed E-state index contributed by atoms with van der Waals surface area (Å²) in [5.74, 6) is -1.66. The van der Waals surface area contributed by atoms with Gasteiger partial charge in [-0.1, -0.05) is 6.07 Å². The maximum atomic E-state index is 13.8. The zero-order chi connectivity index (χ0) is 25.2. The molecule has 1 aliphatic rings. The molecule has 35 heavy (non-hydrogen) atoms. The highest BCUT2D eigenvalue weighted by Gasteiger charge is 2.37. The van der Waals surface area contributed by atoms with Crippen molar-refractivity contribution in [3.05, 3.63) is 77.3 Å². The van der Waals surface area contributed by atoms with E-state index in [0.29, 0.717) is 29.7 Å². The van der Waals surface area contributed by atoms with Crippen LogP contribution in [-0.2, 0) is 6.18 Å². The van der Waals surface area contributed by atoms with E-state index >= 15 is 0 Å². The van der Waals surface area contributed by atoms with Crippen molar-refractivity contribution in [1.29, 1.82) is 5.41 Å². The molecule has 0 aliphatic carbocycles. The minimum Gasteiger partial charge on any atom is -0.464 e. The van der Waals surface area contributed by atoms with E-state index in [9.17, 15) is 22.8 Å². The molecule has 1 aromatic carbocycles. The number of carbonyl (C=O) groups is 2. The first-order valence-electron chi connectivity index (χ1n) is 10.8. The monoisotopic (exact) mass is 485 g/mol. The fourth-order valence-corrected chi connectivity index (χ4v) is 4.20. The summed E-state index contributed by atoms with van der Waals surface area (Å²) < 4.78 is 46.8. The number of nitrogens with one attached hydrogen (secondary N) is 2. The number of halogens is 3. The number of hydrogen-bond acceptors (Lipinski definition) is 5. The second-order valence-electron chi connectivity index (χ2n) is 8.17. The zero-order valence-corrected chi connectivity index (χ0v) is 18.4. The number of aromatic nitrogens is 1. The summed E-state index contributed by atoms with van der Waals surface area (Å²) in [6.07, 6.45) is 0.547. The van der Waals surface area contributed by atoms with Gasteiger partial charge in [0.15, 0.2) is 5.96 Å². The van der Waals surface area contributed by atoms with E-state index in [1.54, 1.807) is 29.3 Å². The summed E-state index contributed by atoms with van der Waals surface area (Å²) in [6.45, 7) is 0.552. The van der Waals surface area contributed by atoms with Gasteiger partial charge in [0.25, 0.3) is 11.8 Å². The highest BCUT2D eigenvalue weighted by molar-refractivity contribution is 6.04. The van der Waals surface area contributed by atoms with Gasteiger partial charge >= 0.3 is 6.18 Å². The summed E-state index contributed by atoms with van der Waals surface area (Å²) in [4.78, 5) is 30.7. The molecule has 1 aliphatic heterocycles. The fraction of sp³-hybridized carbons (Fsp3) is 0.250. The molecule has 2 aromatic heterocycles. The van der Waals surface area contributed by atoms with Crippen molar-refractivity contribution < 1.29 is 27.2 Å². The summed E-state index contributed by atoms with van der Waals surface area (Å²) >= 11 is 0. The smallest absolute Gasteiger partial charge is 0.416 e. The van der Waals surface area contributed by atoms with Crippen LogP contribution in [0.3, 0.4) is 0 Å². The largest absolute Gasteiger partial charge is 0.464 e. The van der Waals surface area contributed by atoms with Crippen LogP contribution in [-0.4, -0.2) is 40.7 Å². The topological polar surface area (TPSA) is 125 Å². The highest BCUT2D eigenvalue weighted by atomic mass is 19.4. The Morgan fingerprint density at radius 3 is 2.49 bits per heavy atom. The SMILES string of the molecule is N=C(N)NC(=O)c1ccc(C2CCN(C(=O)c3cncc(-c4ccco4)c3)CC2)c(C(F)(F)F)c1. The van der Waals surface area contributed by atoms with Gasteiger partial charge in [-0.2, -0.15) is 13.2 Å². The minimum absolute atomic E-state index is 0.0745. The number of carbonyl (C=O) groups excluding carboxylic acids is 2. The molecule has 0 unspecified atom stereocenters. The van der Waals surface area contributed by atoms with Crippen LogP contribution in [0.2, 0.25) is 0 Å². The Morgan fingerprint density at radius 2 is 1.86 bits per heavy atom. The average molecular weight is 485 g/mol. The molecule has 0 spiro atoms. The molecule has 0 saturated carbocycles. The first-order chi connectivity index (χ1) is 16.6. The third-order valence-electron chi connectivity index (χ3n) is 5.88. The number of alkyl halides is 3. The normalized spacial score (nSPS) is 14.5. The van der Waals surface area contributed by atoms with Crippen molar-refractivity contribution >= 4 is 17.8 Å². The maximum Gasteiger partial charge on any atom is 0.416 e. The Kier molecular flexibility index (Phi) is 6.59. The molecule has 11 heteroatoms. The molecule has 182 valence electrons. The van der Waals surface area contributed by atoms with Gasteiger partial charge in [0.05, 0.1) is 17.4 Å². The molecule has 0 bridgehead atoms. The molecule has 0 atom stereocenters. The van der Waals surface area contributed by atoms with Gasteiger partial charge in [-0.25, -0.2) is 0 Å². The van der Waals surface area contributed by atoms with E-state index in [-0.39, 0.29) is 30.1 Å². The minimum atomic E-state index is -4.67. The van der Waals surface area contributed by atoms with Crippen molar-refractivity contribution in [2.24, 2.45) is 5.73 Å². The maximum absolute atomic E-state index is 13.8. The number of benzene rings is 1. The summed E-state index contributed by atoms with van der Waals surface area (Å²) in [5.41, 5.74) is 5.05. The molecule has 3 heterocycles. The molecular formula is C24H22F3N5O3. The predicted octanol–water partition coefficient (Wildman–Crippen LogP) is 4.00. The number of pyridine rings is 1. The Balaban J connectivity index is 1.49. The number of nitrogens with two attached hydrogens (primary N) is 1. The number of hydrogen-bond donors (Lipinski definition) is 3. The lowest BCUT2D eigenvalue weighted by molar-refractivity contribution is -0.138. The van der Waals surface area contributed by atoms with Crippen LogP contribution in [0, 0.1) is 5.41 Å². The second kappa shape index (κ2) is 9.61. The fourth-order valence-electron chi connectivity index (χ4n) is 4.20. The molecule has 4 rings (SSSR count). The van der Waals surface area contributed by atoms with E-state index in [0.717, 1.165) is 6.07 Å². The quantitative estimate of drug-likeness (QED) is 0.380. The average Bonchev–Trinajstić information content (AvgIpc) is 3.38. The van der Waals surface area contributed by atoms with Gasteiger partial charge in [-0.05, 0) is 54.7 Å². The van der Waals surface area contributed by atoms with Gasteiger partial charge in [0.1, 0.15) is 5.76 Å². The number of furan rings is 1. The predicted molar refractivity (Wildman–Crippen MR) is 121 cm³/mol. The lowest BCUT2D eigenvalue weighted by atomic mass is 9.85. The third kappa shape index (κ3) is 5.34. The number of nitrogens with zero attached hydrogens (tertiary/aromatic N) is 2. The summed E-state index contributed by atoms with van der Waals surface area (Å²) in [6, 6.07) is 8.50. The van der Waals surface area contributed by atoms with E-state index in [4.69, 9.17) is 15.6 Å². The lowest BCUT2D eigenvalue weighted by Gasteiger charge is -2.33. The Hall–Kier alpha value is -4.15. The molecule has 4 N–H and O–H groups in total. The van der Waals surface area contributed by atoms with E-state index in [1.807, 2.05) is 5.32 Å². The number of amides is 2. The lowest BCUT2D eigenvalue weighted by Crippen LogP contribution is -2.38. The van der Waals surface area contributed by atoms with Gasteiger partial charge in [0.2, 0.25) is 0 Å². The highest BCUT2D eigenvalue weighted by Crippen LogP contribution is 2.39. The molecule has 0 radical (unpaired) electrons. The Morgan fingerprint density at radius 1 is 1.11 bits per heavy atom. The first-order valence-corrected chi connectivity index (χ1v) is 10.8. The van der Waals surface area contributed by atoms with Crippen LogP contribution in [0.5, 0.6) is 0 Å². The zero-order valence-electron chi connectivity index (χ0n) is 18.4. The molecule has 1 fully saturated rings. The number of likely N-dealkylation sites (tertiary alicyclic amines) is 1. The van der Waals surface area contributed by atoms with Crippen molar-refractivity contribution in [2.45, 2.75) is 24.9 Å². The molecule has 1 saturated heterocycles. The summed E-state index contributed by atoms with van der Waals surface area (Å²) in [7, 11) is 0. The van der Waals surface area contributed by atoms with Crippen LogP contribution in [0.1, 0.15) is 50.6 Å². The van der Waals surface area contributed by atoms with E-state index < -0.39 is 29.5 Å². The van der Waals surface area contributed by atoms with Crippen LogP contribution < -0.4 is 11.1 Å². The number of guanidine groups is 1. The van der Waals surface area contributed by atoms with Gasteiger partial charge in [0, 0.05) is 36.6 Å². The Labute approximate surface area is 198 Å². The van der Waals surface area contributed by atoms with Crippen molar-refractivity contribution in [1.82, 2.24) is 15.2 Å². The van der Waals surface area contributed by atoms with Crippen LogP contribution in [0.4, 0.5) is 13.2 Å². The van der Waals surface area contributed by atoms with Crippen LogP contribution >= 0.6 is 0 Å². The van der Waals surface area contributed by atoms with Crippen LogP contribution in [0.25, 0.3) is 11.3 Å². The number of piperidine rings is 1. The summed E-state index contributed by atoms with van der Waals surface area (Å²) in [5, 5.41) is 9.08. The molecule has 2 amide bonds. The van der Waals surface area contributed by atoms with Gasteiger partial charge < -0.3 is 15.1 Å². The van der Waals surface area contributed by atoms with Gasteiger partial charge in [-0.3, -0.25) is 25.3 Å². The third-order valence-corrected chi connectivity index (χ3v) is 5.88. The number of rotatable bonds is 4. The van der Waals surface area contributed by atoms with Gasteiger partial charge in [-0.15, -0.1) is 0 Å². The van der Waals surface area contributed by atoms with Crippen molar-refractivity contribution in [3.8, 4) is 11.3 Å².